The highest BCUT2D eigenvalue weighted by molar-refractivity contribution is 9.10. The summed E-state index contributed by atoms with van der Waals surface area (Å²) >= 11 is 9.61. The van der Waals surface area contributed by atoms with E-state index in [1.54, 1.807) is 7.05 Å². The molecule has 2 rings (SSSR count). The minimum absolute atomic E-state index is 0.659. The SMILES string of the molecule is CNc1ncnc(Nc2ccc(C)cc2Cl)c1Br. The normalized spacial score (nSPS) is 10.2. The van der Waals surface area contributed by atoms with E-state index in [1.165, 1.54) is 6.33 Å². The van der Waals surface area contributed by atoms with Crippen molar-refractivity contribution >= 4 is 44.9 Å². The van der Waals surface area contributed by atoms with Gasteiger partial charge in [0.1, 0.15) is 22.4 Å². The molecule has 0 aliphatic heterocycles. The molecule has 6 heteroatoms. The van der Waals surface area contributed by atoms with Crippen molar-refractivity contribution in [3.05, 3.63) is 39.6 Å². The molecule has 0 bridgehead atoms. The number of benzene rings is 1. The van der Waals surface area contributed by atoms with Crippen molar-refractivity contribution in [2.75, 3.05) is 17.7 Å². The Morgan fingerprint density at radius 1 is 1.22 bits per heavy atom. The second-order valence-electron chi connectivity index (χ2n) is 3.74. The Bertz CT molecular complexity index is 574. The summed E-state index contributed by atoms with van der Waals surface area (Å²) in [5.74, 6) is 1.39. The van der Waals surface area contributed by atoms with Gasteiger partial charge in [-0.2, -0.15) is 0 Å². The number of aryl methyl sites for hydroxylation is 1. The van der Waals surface area contributed by atoms with Crippen LogP contribution in [0.25, 0.3) is 0 Å². The van der Waals surface area contributed by atoms with Gasteiger partial charge in [0.2, 0.25) is 0 Å². The summed E-state index contributed by atoms with van der Waals surface area (Å²) in [6, 6.07) is 5.81. The number of anilines is 3. The van der Waals surface area contributed by atoms with E-state index in [2.05, 4.69) is 36.5 Å². The summed E-state index contributed by atoms with van der Waals surface area (Å²) in [4.78, 5) is 8.27. The predicted molar refractivity (Wildman–Crippen MR) is 78.8 cm³/mol. The van der Waals surface area contributed by atoms with Crippen LogP contribution in [-0.2, 0) is 0 Å². The highest BCUT2D eigenvalue weighted by Gasteiger charge is 2.09. The van der Waals surface area contributed by atoms with Crippen molar-refractivity contribution in [3.8, 4) is 0 Å². The number of aromatic nitrogens is 2. The molecule has 2 aromatic rings. The van der Waals surface area contributed by atoms with Crippen molar-refractivity contribution in [1.82, 2.24) is 9.97 Å². The van der Waals surface area contributed by atoms with Crippen LogP contribution in [0.1, 0.15) is 5.56 Å². The average Bonchev–Trinajstić information content (AvgIpc) is 2.35. The third-order valence-corrected chi connectivity index (χ3v) is 3.47. The Labute approximate surface area is 119 Å². The Morgan fingerprint density at radius 2 is 1.94 bits per heavy atom. The fourth-order valence-electron chi connectivity index (χ4n) is 1.48. The zero-order valence-electron chi connectivity index (χ0n) is 9.96. The number of rotatable bonds is 3. The number of hydrogen-bond donors (Lipinski definition) is 2. The van der Waals surface area contributed by atoms with Crippen LogP contribution >= 0.6 is 27.5 Å². The maximum atomic E-state index is 6.17. The van der Waals surface area contributed by atoms with Gasteiger partial charge in [0.05, 0.1) is 10.7 Å². The first-order chi connectivity index (χ1) is 8.61. The standard InChI is InChI=1S/C12H12BrClN4/c1-7-3-4-9(8(14)5-7)18-12-10(13)11(15-2)16-6-17-12/h3-6H,1-2H3,(H2,15,16,17,18). The van der Waals surface area contributed by atoms with E-state index in [4.69, 9.17) is 11.6 Å². The maximum Gasteiger partial charge on any atom is 0.150 e. The molecule has 0 aliphatic carbocycles. The van der Waals surface area contributed by atoms with Crippen LogP contribution in [0.15, 0.2) is 29.0 Å². The fourth-order valence-corrected chi connectivity index (χ4v) is 2.26. The zero-order chi connectivity index (χ0) is 13.1. The van der Waals surface area contributed by atoms with Crippen LogP contribution in [0.4, 0.5) is 17.3 Å². The lowest BCUT2D eigenvalue weighted by Gasteiger charge is -2.11. The van der Waals surface area contributed by atoms with Crippen LogP contribution in [0, 0.1) is 6.92 Å². The molecular weight excluding hydrogens is 316 g/mol. The maximum absolute atomic E-state index is 6.17. The van der Waals surface area contributed by atoms with Crippen LogP contribution in [0.5, 0.6) is 0 Å². The van der Waals surface area contributed by atoms with Crippen molar-refractivity contribution in [2.45, 2.75) is 6.92 Å². The Hall–Kier alpha value is -1.33. The van der Waals surface area contributed by atoms with Crippen LogP contribution in [0.2, 0.25) is 5.02 Å². The molecule has 0 atom stereocenters. The molecule has 4 nitrogen and oxygen atoms in total. The second kappa shape index (κ2) is 5.54. The summed E-state index contributed by atoms with van der Waals surface area (Å²) in [5.41, 5.74) is 1.92. The third kappa shape index (κ3) is 2.73. The van der Waals surface area contributed by atoms with Gasteiger partial charge < -0.3 is 10.6 Å². The van der Waals surface area contributed by atoms with Crippen LogP contribution in [-0.4, -0.2) is 17.0 Å². The highest BCUT2D eigenvalue weighted by atomic mass is 79.9. The molecule has 0 spiro atoms. The van der Waals surface area contributed by atoms with Crippen molar-refractivity contribution in [1.29, 1.82) is 0 Å². The zero-order valence-corrected chi connectivity index (χ0v) is 12.3. The van der Waals surface area contributed by atoms with E-state index in [0.717, 1.165) is 21.5 Å². The van der Waals surface area contributed by atoms with E-state index in [9.17, 15) is 0 Å². The first-order valence-corrected chi connectivity index (χ1v) is 6.50. The quantitative estimate of drug-likeness (QED) is 0.895. The molecule has 0 radical (unpaired) electrons. The topological polar surface area (TPSA) is 49.8 Å². The van der Waals surface area contributed by atoms with Gasteiger partial charge in [-0.1, -0.05) is 17.7 Å². The lowest BCUT2D eigenvalue weighted by Crippen LogP contribution is -2.00. The number of nitrogens with zero attached hydrogens (tertiary/aromatic N) is 2. The minimum Gasteiger partial charge on any atom is -0.372 e. The van der Waals surface area contributed by atoms with Crippen LogP contribution in [0.3, 0.4) is 0 Å². The monoisotopic (exact) mass is 326 g/mol. The Kier molecular flexibility index (Phi) is 4.04. The first kappa shape index (κ1) is 13.1. The smallest absolute Gasteiger partial charge is 0.150 e. The Balaban J connectivity index is 2.34. The summed E-state index contributed by atoms with van der Waals surface area (Å²) < 4.78 is 0.768. The van der Waals surface area contributed by atoms with Crippen molar-refractivity contribution < 1.29 is 0 Å². The molecule has 1 heterocycles. The predicted octanol–water partition coefficient (Wildman–Crippen LogP) is 3.99. The summed E-state index contributed by atoms with van der Waals surface area (Å²) in [5, 5.41) is 6.81. The number of hydrogen-bond acceptors (Lipinski definition) is 4. The van der Waals surface area contributed by atoms with Crippen molar-refractivity contribution in [3.63, 3.8) is 0 Å². The van der Waals surface area contributed by atoms with E-state index in [1.807, 2.05) is 25.1 Å². The van der Waals surface area contributed by atoms with Gasteiger partial charge in [0, 0.05) is 7.05 Å². The summed E-state index contributed by atoms with van der Waals surface area (Å²) in [6.45, 7) is 2.00. The molecule has 1 aromatic heterocycles. The van der Waals surface area contributed by atoms with Gasteiger partial charge in [0.25, 0.3) is 0 Å². The van der Waals surface area contributed by atoms with E-state index >= 15 is 0 Å². The largest absolute Gasteiger partial charge is 0.372 e. The highest BCUT2D eigenvalue weighted by Crippen LogP contribution is 2.31. The lowest BCUT2D eigenvalue weighted by atomic mass is 10.2. The molecule has 94 valence electrons. The Morgan fingerprint density at radius 3 is 2.61 bits per heavy atom. The van der Waals surface area contributed by atoms with Gasteiger partial charge in [-0.05, 0) is 40.5 Å². The van der Waals surface area contributed by atoms with E-state index < -0.39 is 0 Å². The molecule has 0 unspecified atom stereocenters. The van der Waals surface area contributed by atoms with Gasteiger partial charge in [-0.15, -0.1) is 0 Å². The first-order valence-electron chi connectivity index (χ1n) is 5.33. The molecule has 0 saturated carbocycles. The van der Waals surface area contributed by atoms with Crippen molar-refractivity contribution in [2.24, 2.45) is 0 Å². The molecule has 2 N–H and O–H groups in total. The molecule has 0 saturated heterocycles. The van der Waals surface area contributed by atoms with Gasteiger partial charge in [-0.25, -0.2) is 9.97 Å². The van der Waals surface area contributed by atoms with E-state index in [-0.39, 0.29) is 0 Å². The number of nitrogens with one attached hydrogen (secondary N) is 2. The molecule has 0 aliphatic rings. The fraction of sp³-hybridized carbons (Fsp3) is 0.167. The minimum atomic E-state index is 0.659. The lowest BCUT2D eigenvalue weighted by molar-refractivity contribution is 1.14. The van der Waals surface area contributed by atoms with Gasteiger partial charge in [0.15, 0.2) is 0 Å². The second-order valence-corrected chi connectivity index (χ2v) is 4.94. The molecular formula is C12H12BrClN4. The molecule has 0 amide bonds. The third-order valence-electron chi connectivity index (χ3n) is 2.40. The van der Waals surface area contributed by atoms with Crippen LogP contribution < -0.4 is 10.6 Å². The summed E-state index contributed by atoms with van der Waals surface area (Å²) in [7, 11) is 1.80. The molecule has 1 aromatic carbocycles. The van der Waals surface area contributed by atoms with E-state index in [0.29, 0.717) is 10.8 Å². The molecule has 18 heavy (non-hydrogen) atoms. The summed E-state index contributed by atoms with van der Waals surface area (Å²) in [6.07, 6.45) is 1.49. The van der Waals surface area contributed by atoms with Gasteiger partial charge in [-0.3, -0.25) is 0 Å². The number of halogens is 2. The average molecular weight is 328 g/mol. The van der Waals surface area contributed by atoms with Gasteiger partial charge >= 0.3 is 0 Å². The molecule has 0 fully saturated rings.